The molecule has 3 aliphatic rings. The third kappa shape index (κ3) is 3.75. The molecule has 7 heteroatoms. The van der Waals surface area contributed by atoms with Crippen LogP contribution < -0.4 is 4.74 Å². The van der Waals surface area contributed by atoms with Gasteiger partial charge in [-0.3, -0.25) is 4.79 Å². The van der Waals surface area contributed by atoms with E-state index >= 15 is 0 Å². The number of likely N-dealkylation sites (tertiary alicyclic amines) is 2. The number of nitrogens with zero attached hydrogens (tertiary/aromatic N) is 3. The number of urea groups is 1. The Hall–Kier alpha value is -2.28. The molecule has 0 unspecified atom stereocenters. The molecular formula is C23H33N3O4. The van der Waals surface area contributed by atoms with Crippen molar-refractivity contribution in [2.45, 2.75) is 37.7 Å². The summed E-state index contributed by atoms with van der Waals surface area (Å²) in [6, 6.07) is 6.25. The van der Waals surface area contributed by atoms with Crippen LogP contribution in [0.3, 0.4) is 0 Å². The molecule has 0 atom stereocenters. The second-order valence-corrected chi connectivity index (χ2v) is 8.85. The Morgan fingerprint density at radius 1 is 1.10 bits per heavy atom. The van der Waals surface area contributed by atoms with Gasteiger partial charge in [0.1, 0.15) is 11.4 Å². The molecule has 0 aromatic heterocycles. The molecule has 0 saturated carbocycles. The van der Waals surface area contributed by atoms with E-state index in [0.29, 0.717) is 32.8 Å². The highest BCUT2D eigenvalue weighted by atomic mass is 16.5. The first kappa shape index (κ1) is 21.0. The summed E-state index contributed by atoms with van der Waals surface area (Å²) >= 11 is 0. The summed E-state index contributed by atoms with van der Waals surface area (Å²) < 4.78 is 12.0. The van der Waals surface area contributed by atoms with Crippen molar-refractivity contribution in [1.82, 2.24) is 14.7 Å². The molecule has 0 aliphatic carbocycles. The van der Waals surface area contributed by atoms with Crippen LogP contribution in [0.4, 0.5) is 4.79 Å². The van der Waals surface area contributed by atoms with Crippen LogP contribution in [0.1, 0.15) is 36.8 Å². The molecule has 3 aliphatic heterocycles. The van der Waals surface area contributed by atoms with Gasteiger partial charge in [0.25, 0.3) is 0 Å². The van der Waals surface area contributed by atoms with E-state index in [1.165, 1.54) is 11.1 Å². The molecule has 30 heavy (non-hydrogen) atoms. The summed E-state index contributed by atoms with van der Waals surface area (Å²) in [5.41, 5.74) is 2.14. The number of carbonyl (C=O) groups is 2. The SMILES string of the molecule is COc1cccc2c1C1(CCN(C(=O)C3CCN(C(=O)N(C)C)CC3)CC1)OCC2. The van der Waals surface area contributed by atoms with E-state index in [-0.39, 0.29) is 23.5 Å². The zero-order chi connectivity index (χ0) is 21.3. The van der Waals surface area contributed by atoms with Gasteiger partial charge in [-0.2, -0.15) is 0 Å². The third-order valence-corrected chi connectivity index (χ3v) is 6.92. The summed E-state index contributed by atoms with van der Waals surface area (Å²) in [7, 11) is 5.25. The van der Waals surface area contributed by atoms with Crippen molar-refractivity contribution in [3.63, 3.8) is 0 Å². The molecule has 0 N–H and O–H groups in total. The Morgan fingerprint density at radius 3 is 2.43 bits per heavy atom. The first-order valence-corrected chi connectivity index (χ1v) is 11.0. The van der Waals surface area contributed by atoms with E-state index < -0.39 is 0 Å². The van der Waals surface area contributed by atoms with Gasteiger partial charge < -0.3 is 24.2 Å². The predicted octanol–water partition coefficient (Wildman–Crippen LogP) is 2.48. The molecule has 7 nitrogen and oxygen atoms in total. The predicted molar refractivity (Wildman–Crippen MR) is 114 cm³/mol. The number of methoxy groups -OCH3 is 1. The number of benzene rings is 1. The van der Waals surface area contributed by atoms with Gasteiger partial charge in [0.05, 0.1) is 13.7 Å². The van der Waals surface area contributed by atoms with Gasteiger partial charge in [-0.15, -0.1) is 0 Å². The Bertz CT molecular complexity index is 779. The Balaban J connectivity index is 1.39. The lowest BCUT2D eigenvalue weighted by Crippen LogP contribution is -2.51. The fraction of sp³-hybridized carbons (Fsp3) is 0.652. The summed E-state index contributed by atoms with van der Waals surface area (Å²) in [4.78, 5) is 30.7. The molecule has 3 heterocycles. The van der Waals surface area contributed by atoms with Crippen LogP contribution in [0.2, 0.25) is 0 Å². The number of hydrogen-bond acceptors (Lipinski definition) is 4. The molecular weight excluding hydrogens is 382 g/mol. The van der Waals surface area contributed by atoms with Gasteiger partial charge >= 0.3 is 6.03 Å². The molecule has 0 bridgehead atoms. The molecule has 2 fully saturated rings. The fourth-order valence-electron chi connectivity index (χ4n) is 5.24. The maximum Gasteiger partial charge on any atom is 0.319 e. The average Bonchev–Trinajstić information content (AvgIpc) is 2.78. The zero-order valence-corrected chi connectivity index (χ0v) is 18.4. The molecule has 1 aromatic carbocycles. The van der Waals surface area contributed by atoms with Gasteiger partial charge in [-0.25, -0.2) is 4.79 Å². The van der Waals surface area contributed by atoms with E-state index in [0.717, 1.165) is 37.9 Å². The number of ether oxygens (including phenoxy) is 2. The molecule has 164 valence electrons. The van der Waals surface area contributed by atoms with Crippen LogP contribution in [0.25, 0.3) is 0 Å². The second kappa shape index (κ2) is 8.46. The molecule has 1 spiro atoms. The van der Waals surface area contributed by atoms with Gasteiger partial charge in [0.2, 0.25) is 5.91 Å². The van der Waals surface area contributed by atoms with Gasteiger partial charge in [0, 0.05) is 51.8 Å². The number of fused-ring (bicyclic) bond motifs is 2. The number of hydrogen-bond donors (Lipinski definition) is 0. The van der Waals surface area contributed by atoms with Crippen LogP contribution in [0, 0.1) is 5.92 Å². The molecule has 1 aromatic rings. The maximum atomic E-state index is 13.1. The smallest absolute Gasteiger partial charge is 0.319 e. The summed E-state index contributed by atoms with van der Waals surface area (Å²) in [6.45, 7) is 3.42. The van der Waals surface area contributed by atoms with Gasteiger partial charge in [-0.1, -0.05) is 12.1 Å². The van der Waals surface area contributed by atoms with Crippen molar-refractivity contribution >= 4 is 11.9 Å². The van der Waals surface area contributed by atoms with E-state index in [2.05, 4.69) is 6.07 Å². The summed E-state index contributed by atoms with van der Waals surface area (Å²) in [6.07, 6.45) is 3.98. The van der Waals surface area contributed by atoms with E-state index in [9.17, 15) is 9.59 Å². The zero-order valence-electron chi connectivity index (χ0n) is 18.4. The van der Waals surface area contributed by atoms with Crippen molar-refractivity contribution in [2.75, 3.05) is 54.0 Å². The highest BCUT2D eigenvalue weighted by Gasteiger charge is 2.44. The Morgan fingerprint density at radius 2 is 1.80 bits per heavy atom. The standard InChI is InChI=1S/C23H33N3O4/c1-24(2)22(28)26-12-7-18(8-13-26)21(27)25-14-10-23(11-15-25)20-17(9-16-30-23)5-4-6-19(20)29-3/h4-6,18H,7-16H2,1-3H3. The van der Waals surface area contributed by atoms with Crippen LogP contribution >= 0.6 is 0 Å². The van der Waals surface area contributed by atoms with Crippen molar-refractivity contribution in [2.24, 2.45) is 5.92 Å². The van der Waals surface area contributed by atoms with Gasteiger partial charge in [-0.05, 0) is 43.7 Å². The average molecular weight is 416 g/mol. The number of rotatable bonds is 2. The third-order valence-electron chi connectivity index (χ3n) is 6.92. The monoisotopic (exact) mass is 415 g/mol. The van der Waals surface area contributed by atoms with Crippen molar-refractivity contribution in [1.29, 1.82) is 0 Å². The van der Waals surface area contributed by atoms with E-state index in [1.807, 2.05) is 21.9 Å². The summed E-state index contributed by atoms with van der Waals surface area (Å²) in [5.74, 6) is 1.14. The van der Waals surface area contributed by atoms with Gasteiger partial charge in [0.15, 0.2) is 0 Å². The number of carbonyl (C=O) groups excluding carboxylic acids is 2. The normalized spacial score (nSPS) is 21.3. The minimum atomic E-state index is -0.349. The molecule has 0 radical (unpaired) electrons. The van der Waals surface area contributed by atoms with Crippen LogP contribution in [-0.4, -0.2) is 80.6 Å². The minimum absolute atomic E-state index is 0.0133. The topological polar surface area (TPSA) is 62.3 Å². The number of piperidine rings is 2. The van der Waals surface area contributed by atoms with Crippen LogP contribution in [0.15, 0.2) is 18.2 Å². The quantitative estimate of drug-likeness (QED) is 0.745. The Kier molecular flexibility index (Phi) is 5.91. The molecule has 4 rings (SSSR count). The summed E-state index contributed by atoms with van der Waals surface area (Å²) in [5, 5.41) is 0. The first-order valence-electron chi connectivity index (χ1n) is 11.0. The van der Waals surface area contributed by atoms with Crippen molar-refractivity contribution < 1.29 is 19.1 Å². The highest BCUT2D eigenvalue weighted by Crippen LogP contribution is 2.46. The lowest BCUT2D eigenvalue weighted by Gasteiger charge is -2.46. The second-order valence-electron chi connectivity index (χ2n) is 8.85. The fourth-order valence-corrected chi connectivity index (χ4v) is 5.24. The maximum absolute atomic E-state index is 13.1. The molecule has 3 amide bonds. The lowest BCUT2D eigenvalue weighted by atomic mass is 9.78. The van der Waals surface area contributed by atoms with Crippen LogP contribution in [-0.2, 0) is 21.6 Å². The highest BCUT2D eigenvalue weighted by molar-refractivity contribution is 5.80. The largest absolute Gasteiger partial charge is 0.496 e. The van der Waals surface area contributed by atoms with Crippen LogP contribution in [0.5, 0.6) is 5.75 Å². The van der Waals surface area contributed by atoms with E-state index in [1.54, 1.807) is 26.1 Å². The van der Waals surface area contributed by atoms with Crippen molar-refractivity contribution in [3.8, 4) is 5.75 Å². The first-order chi connectivity index (χ1) is 14.4. The lowest BCUT2D eigenvalue weighted by molar-refractivity contribution is -0.146. The number of amides is 3. The van der Waals surface area contributed by atoms with E-state index in [4.69, 9.17) is 9.47 Å². The minimum Gasteiger partial charge on any atom is -0.496 e. The molecule has 2 saturated heterocycles. The Labute approximate surface area is 178 Å². The van der Waals surface area contributed by atoms with Crippen molar-refractivity contribution in [3.05, 3.63) is 29.3 Å².